The van der Waals surface area contributed by atoms with Crippen LogP contribution in [-0.4, -0.2) is 36.7 Å². The van der Waals surface area contributed by atoms with E-state index in [9.17, 15) is 9.90 Å². The van der Waals surface area contributed by atoms with Crippen LogP contribution in [0.25, 0.3) is 0 Å². The Morgan fingerprint density at radius 3 is 2.12 bits per heavy atom. The summed E-state index contributed by atoms with van der Waals surface area (Å²) >= 11 is 0. The van der Waals surface area contributed by atoms with Crippen LogP contribution >= 0.6 is 0 Å². The molecule has 34 heavy (non-hydrogen) atoms. The summed E-state index contributed by atoms with van der Waals surface area (Å²) in [4.78, 5) is 12.9. The van der Waals surface area contributed by atoms with Crippen LogP contribution in [0.2, 0.25) is 18.1 Å². The molecule has 1 aliphatic rings. The van der Waals surface area contributed by atoms with E-state index in [0.717, 1.165) is 38.5 Å². The van der Waals surface area contributed by atoms with Crippen molar-refractivity contribution in [3.63, 3.8) is 0 Å². The first-order chi connectivity index (χ1) is 15.8. The molecular formula is C27H51N3O3Si. The lowest BCUT2D eigenvalue weighted by Crippen LogP contribution is -2.56. The molecule has 0 radical (unpaired) electrons. The van der Waals surface area contributed by atoms with Gasteiger partial charge in [-0.1, -0.05) is 72.6 Å². The number of aliphatic hydroxyl groups is 1. The molecule has 0 saturated carbocycles. The van der Waals surface area contributed by atoms with Crippen LogP contribution in [0.3, 0.4) is 0 Å². The number of hydrogen-bond donors (Lipinski definition) is 2. The van der Waals surface area contributed by atoms with Crippen molar-refractivity contribution < 1.29 is 14.3 Å². The van der Waals surface area contributed by atoms with Crippen molar-refractivity contribution in [3.8, 4) is 12.3 Å². The summed E-state index contributed by atoms with van der Waals surface area (Å²) in [5.74, 6) is 2.27. The zero-order chi connectivity index (χ0) is 25.9. The number of hydrogen-bond acceptors (Lipinski definition) is 5. The molecule has 2 unspecified atom stereocenters. The highest BCUT2D eigenvalue weighted by molar-refractivity contribution is 6.74. The standard InChI is InChI=1S/C27H51N3O3Si/c1-8-10-12-14-17-23(31)18-15-13-16-19-26(24(28)32,33-34(6,7)25(3,4)5)21-22-27(29-30-27)20-11-9-2/h2,23,31H,8,10-22H2,1,3-7H3,(H2,28,32). The number of unbranched alkanes of at least 4 members (excludes halogenated alkanes) is 5. The molecule has 0 aromatic carbocycles. The molecule has 0 aromatic rings. The molecule has 7 heteroatoms. The van der Waals surface area contributed by atoms with Crippen LogP contribution in [0.15, 0.2) is 10.2 Å². The van der Waals surface area contributed by atoms with Gasteiger partial charge in [0.2, 0.25) is 5.91 Å². The first-order valence-electron chi connectivity index (χ1n) is 13.4. The third kappa shape index (κ3) is 10.2. The maximum absolute atomic E-state index is 12.9. The van der Waals surface area contributed by atoms with E-state index in [1.165, 1.54) is 19.3 Å². The number of amides is 1. The number of nitrogens with two attached hydrogens (primary N) is 1. The molecule has 0 bridgehead atoms. The van der Waals surface area contributed by atoms with Gasteiger partial charge in [0.15, 0.2) is 14.0 Å². The van der Waals surface area contributed by atoms with Crippen molar-refractivity contribution in [2.24, 2.45) is 16.0 Å². The Hall–Kier alpha value is -1.23. The molecule has 196 valence electrons. The van der Waals surface area contributed by atoms with Crippen molar-refractivity contribution in [2.45, 2.75) is 153 Å². The Labute approximate surface area is 210 Å². The molecule has 6 nitrogen and oxygen atoms in total. The van der Waals surface area contributed by atoms with Crippen LogP contribution in [0.1, 0.15) is 118 Å². The normalized spacial score (nSPS) is 17.7. The molecule has 0 aliphatic carbocycles. The monoisotopic (exact) mass is 493 g/mol. The van der Waals surface area contributed by atoms with Crippen LogP contribution < -0.4 is 5.73 Å². The fourth-order valence-corrected chi connectivity index (χ4v) is 5.74. The molecule has 1 amide bonds. The van der Waals surface area contributed by atoms with Crippen LogP contribution in [0.4, 0.5) is 0 Å². The van der Waals surface area contributed by atoms with E-state index in [-0.39, 0.29) is 17.0 Å². The Balaban J connectivity index is 2.75. The Bertz CT molecular complexity index is 690. The van der Waals surface area contributed by atoms with Crippen LogP contribution in [0, 0.1) is 12.3 Å². The average molecular weight is 494 g/mol. The second-order valence-electron chi connectivity index (χ2n) is 11.7. The van der Waals surface area contributed by atoms with Crippen LogP contribution in [-0.2, 0) is 9.22 Å². The minimum absolute atomic E-state index is 0.0366. The van der Waals surface area contributed by atoms with Crippen molar-refractivity contribution in [2.75, 3.05) is 0 Å². The van der Waals surface area contributed by atoms with E-state index in [0.29, 0.717) is 32.1 Å². The van der Waals surface area contributed by atoms with E-state index >= 15 is 0 Å². The summed E-state index contributed by atoms with van der Waals surface area (Å²) in [6.45, 7) is 13.1. The van der Waals surface area contributed by atoms with Gasteiger partial charge in [0.05, 0.1) is 6.10 Å². The van der Waals surface area contributed by atoms with Gasteiger partial charge in [0.1, 0.15) is 5.60 Å². The number of terminal acetylenes is 1. The number of primary amides is 1. The lowest BCUT2D eigenvalue weighted by atomic mass is 9.86. The van der Waals surface area contributed by atoms with Crippen molar-refractivity contribution in [1.82, 2.24) is 0 Å². The Kier molecular flexibility index (Phi) is 12.5. The quantitative estimate of drug-likeness (QED) is 0.117. The smallest absolute Gasteiger partial charge is 0.248 e. The summed E-state index contributed by atoms with van der Waals surface area (Å²) in [5.41, 5.74) is 4.56. The van der Waals surface area contributed by atoms with Gasteiger partial charge < -0.3 is 15.3 Å². The van der Waals surface area contributed by atoms with Gasteiger partial charge >= 0.3 is 0 Å². The molecule has 0 fully saturated rings. The van der Waals surface area contributed by atoms with Crippen LogP contribution in [0.5, 0.6) is 0 Å². The molecule has 1 aliphatic heterocycles. The molecule has 0 saturated heterocycles. The summed E-state index contributed by atoms with van der Waals surface area (Å²) in [5, 5.41) is 18.7. The van der Waals surface area contributed by atoms with E-state index in [4.69, 9.17) is 16.6 Å². The SMILES string of the molecule is C#CCCC1(CCC(CCCCCC(O)CCCCCC)(O[Si](C)(C)C(C)(C)C)C(N)=O)N=N1. The minimum atomic E-state index is -2.25. The van der Waals surface area contributed by atoms with Gasteiger partial charge in [-0.05, 0) is 50.2 Å². The van der Waals surface area contributed by atoms with Crippen molar-refractivity contribution in [3.05, 3.63) is 0 Å². The van der Waals surface area contributed by atoms with E-state index in [1.54, 1.807) is 0 Å². The highest BCUT2D eigenvalue weighted by Crippen LogP contribution is 2.45. The highest BCUT2D eigenvalue weighted by Gasteiger charge is 2.50. The van der Waals surface area contributed by atoms with E-state index in [2.05, 4.69) is 56.9 Å². The first kappa shape index (κ1) is 30.8. The molecule has 0 aromatic heterocycles. The predicted molar refractivity (Wildman–Crippen MR) is 143 cm³/mol. The molecule has 0 spiro atoms. The summed E-state index contributed by atoms with van der Waals surface area (Å²) in [7, 11) is -2.25. The summed E-state index contributed by atoms with van der Waals surface area (Å²) < 4.78 is 6.77. The van der Waals surface area contributed by atoms with Crippen molar-refractivity contribution in [1.29, 1.82) is 0 Å². The molecule has 1 rings (SSSR count). The Morgan fingerprint density at radius 1 is 1.06 bits per heavy atom. The number of nitrogens with zero attached hydrogens (tertiary/aromatic N) is 2. The van der Waals surface area contributed by atoms with Gasteiger partial charge in [0, 0.05) is 12.8 Å². The highest BCUT2D eigenvalue weighted by atomic mass is 28.4. The average Bonchev–Trinajstić information content (AvgIpc) is 3.52. The van der Waals surface area contributed by atoms with Gasteiger partial charge in [0.25, 0.3) is 0 Å². The van der Waals surface area contributed by atoms with Gasteiger partial charge in [-0.25, -0.2) is 0 Å². The van der Waals surface area contributed by atoms with E-state index < -0.39 is 19.6 Å². The first-order valence-corrected chi connectivity index (χ1v) is 16.3. The molecular weight excluding hydrogens is 442 g/mol. The fourth-order valence-electron chi connectivity index (χ4n) is 4.15. The number of carbonyl (C=O) groups excluding carboxylic acids is 1. The third-order valence-electron chi connectivity index (χ3n) is 7.70. The van der Waals surface area contributed by atoms with Crippen molar-refractivity contribution >= 4 is 14.2 Å². The zero-order valence-corrected chi connectivity index (χ0v) is 23.8. The minimum Gasteiger partial charge on any atom is -0.403 e. The summed E-state index contributed by atoms with van der Waals surface area (Å²) in [6, 6.07) is 0. The second kappa shape index (κ2) is 13.7. The summed E-state index contributed by atoms with van der Waals surface area (Å²) in [6.07, 6.45) is 17.4. The largest absolute Gasteiger partial charge is 0.403 e. The van der Waals surface area contributed by atoms with Gasteiger partial charge in [-0.15, -0.1) is 12.3 Å². The zero-order valence-electron chi connectivity index (χ0n) is 22.8. The second-order valence-corrected chi connectivity index (χ2v) is 16.4. The number of carbonyl (C=O) groups is 1. The lowest BCUT2D eigenvalue weighted by molar-refractivity contribution is -0.136. The third-order valence-corrected chi connectivity index (χ3v) is 12.2. The molecule has 2 atom stereocenters. The van der Waals surface area contributed by atoms with E-state index in [1.807, 2.05) is 0 Å². The fraction of sp³-hybridized carbons (Fsp3) is 0.889. The maximum atomic E-state index is 12.9. The van der Waals surface area contributed by atoms with Gasteiger partial charge in [-0.2, -0.15) is 10.2 Å². The molecule has 3 N–H and O–H groups in total. The predicted octanol–water partition coefficient (Wildman–Crippen LogP) is 6.87. The number of aliphatic hydroxyl groups excluding tert-OH is 1. The lowest BCUT2D eigenvalue weighted by Gasteiger charge is -2.44. The number of rotatable bonds is 19. The topological polar surface area (TPSA) is 97.3 Å². The maximum Gasteiger partial charge on any atom is 0.248 e. The molecule has 1 heterocycles. The van der Waals surface area contributed by atoms with Gasteiger partial charge in [-0.3, -0.25) is 4.79 Å². The Morgan fingerprint density at radius 2 is 1.65 bits per heavy atom.